The van der Waals surface area contributed by atoms with Crippen LogP contribution in [0.15, 0.2) is 48.5 Å². The highest BCUT2D eigenvalue weighted by atomic mass is 16.6. The van der Waals surface area contributed by atoms with Gasteiger partial charge >= 0.3 is 12.2 Å². The lowest BCUT2D eigenvalue weighted by molar-refractivity contribution is -0.309. The van der Waals surface area contributed by atoms with Gasteiger partial charge in [-0.3, -0.25) is 0 Å². The number of alkyl carbamates (subject to hydrolysis) is 1. The molecule has 2 aromatic rings. The number of carboxylic acid groups (broad SMARTS) is 1. The molecule has 0 bridgehead atoms. The van der Waals surface area contributed by atoms with Gasteiger partial charge in [0.2, 0.25) is 0 Å². The predicted octanol–water partition coefficient (Wildman–Crippen LogP) is 3.29. The van der Waals surface area contributed by atoms with E-state index in [9.17, 15) is 19.5 Å². The minimum absolute atomic E-state index is 0.0940. The van der Waals surface area contributed by atoms with Gasteiger partial charge in [-0.15, -0.1) is 0 Å². The van der Waals surface area contributed by atoms with Crippen LogP contribution in [-0.4, -0.2) is 54.4 Å². The fraction of sp³-hybridized carbons (Fsp3) is 0.444. The third-order valence-electron chi connectivity index (χ3n) is 6.53. The third kappa shape index (κ3) is 5.58. The van der Waals surface area contributed by atoms with Crippen LogP contribution in [0.3, 0.4) is 0 Å². The summed E-state index contributed by atoms with van der Waals surface area (Å²) in [5.41, 5.74) is 3.77. The normalized spacial score (nSPS) is 16.7. The van der Waals surface area contributed by atoms with Crippen molar-refractivity contribution in [3.05, 3.63) is 59.7 Å². The van der Waals surface area contributed by atoms with Gasteiger partial charge in [-0.2, -0.15) is 0 Å². The number of hydrogen-bond donors (Lipinski definition) is 1. The van der Waals surface area contributed by atoms with Gasteiger partial charge < -0.3 is 29.6 Å². The van der Waals surface area contributed by atoms with E-state index in [-0.39, 0.29) is 18.4 Å². The summed E-state index contributed by atoms with van der Waals surface area (Å²) in [6, 6.07) is 14.8. The summed E-state index contributed by atoms with van der Waals surface area (Å²) in [6.07, 6.45) is -0.413. The second kappa shape index (κ2) is 9.98. The first-order valence-electron chi connectivity index (χ1n) is 11.9. The zero-order valence-corrected chi connectivity index (χ0v) is 20.3. The molecule has 0 spiro atoms. The Labute approximate surface area is 205 Å². The molecule has 1 heterocycles. The molecule has 1 saturated heterocycles. The summed E-state index contributed by atoms with van der Waals surface area (Å²) >= 11 is 0. The van der Waals surface area contributed by atoms with Crippen molar-refractivity contribution in [3.63, 3.8) is 0 Å². The average molecular weight is 480 g/mol. The van der Waals surface area contributed by atoms with Crippen molar-refractivity contribution in [2.24, 2.45) is 5.92 Å². The van der Waals surface area contributed by atoms with E-state index < -0.39 is 29.8 Å². The number of carbonyl (C=O) groups is 3. The van der Waals surface area contributed by atoms with E-state index >= 15 is 0 Å². The van der Waals surface area contributed by atoms with Crippen LogP contribution >= 0.6 is 0 Å². The Bertz CT molecular complexity index is 1060. The van der Waals surface area contributed by atoms with Gasteiger partial charge in [0.05, 0.1) is 12.0 Å². The zero-order chi connectivity index (χ0) is 25.2. The Kier molecular flexibility index (Phi) is 7.00. The minimum Gasteiger partial charge on any atom is -0.548 e. The Morgan fingerprint density at radius 2 is 1.54 bits per heavy atom. The van der Waals surface area contributed by atoms with Crippen LogP contribution in [0.25, 0.3) is 11.1 Å². The molecule has 0 saturated carbocycles. The molecule has 2 amide bonds. The number of piperidine rings is 1. The van der Waals surface area contributed by atoms with Crippen molar-refractivity contribution < 1.29 is 29.0 Å². The number of rotatable bonds is 5. The van der Waals surface area contributed by atoms with E-state index in [0.29, 0.717) is 25.9 Å². The molecule has 0 unspecified atom stereocenters. The summed E-state index contributed by atoms with van der Waals surface area (Å²) < 4.78 is 10.9. The molecule has 8 nitrogen and oxygen atoms in total. The monoisotopic (exact) mass is 479 g/mol. The van der Waals surface area contributed by atoms with E-state index in [1.807, 2.05) is 48.5 Å². The van der Waals surface area contributed by atoms with E-state index in [1.54, 1.807) is 25.7 Å². The summed E-state index contributed by atoms with van der Waals surface area (Å²) in [5, 5.41) is 14.3. The molecule has 1 N–H and O–H groups in total. The van der Waals surface area contributed by atoms with Crippen molar-refractivity contribution in [2.45, 2.75) is 51.2 Å². The predicted molar refractivity (Wildman–Crippen MR) is 128 cm³/mol. The van der Waals surface area contributed by atoms with Crippen LogP contribution in [-0.2, 0) is 14.3 Å². The smallest absolute Gasteiger partial charge is 0.410 e. The Balaban J connectivity index is 1.34. The minimum atomic E-state index is -1.37. The molecule has 2 aromatic carbocycles. The first kappa shape index (κ1) is 24.6. The zero-order valence-electron chi connectivity index (χ0n) is 20.3. The number of nitrogens with one attached hydrogen (secondary N) is 1. The van der Waals surface area contributed by atoms with Crippen molar-refractivity contribution in [2.75, 3.05) is 19.7 Å². The molecule has 1 aliphatic heterocycles. The number of fused-ring (bicyclic) bond motifs is 3. The second-order valence-corrected chi connectivity index (χ2v) is 10.1. The number of aliphatic carboxylic acids is 1. The molecule has 8 heteroatoms. The van der Waals surface area contributed by atoms with Crippen LogP contribution in [0.4, 0.5) is 9.59 Å². The Hall–Kier alpha value is -3.55. The summed E-state index contributed by atoms with van der Waals surface area (Å²) in [7, 11) is 0. The number of ether oxygens (including phenoxy) is 2. The molecular formula is C27H31N2O6-. The van der Waals surface area contributed by atoms with Crippen LogP contribution in [0, 0.1) is 5.92 Å². The van der Waals surface area contributed by atoms with Gasteiger partial charge in [-0.1, -0.05) is 48.5 Å². The fourth-order valence-electron chi connectivity index (χ4n) is 4.88. The quantitative estimate of drug-likeness (QED) is 0.705. The summed E-state index contributed by atoms with van der Waals surface area (Å²) in [4.78, 5) is 38.3. The molecule has 186 valence electrons. The molecular weight excluding hydrogens is 448 g/mol. The number of hydrogen-bond acceptors (Lipinski definition) is 6. The lowest BCUT2D eigenvalue weighted by Gasteiger charge is -2.37. The van der Waals surface area contributed by atoms with Crippen LogP contribution in [0.1, 0.15) is 50.7 Å². The number of likely N-dealkylation sites (tertiary alicyclic amines) is 1. The third-order valence-corrected chi connectivity index (χ3v) is 6.53. The molecule has 0 aromatic heterocycles. The summed E-state index contributed by atoms with van der Waals surface area (Å²) in [5.74, 6) is -1.86. The topological polar surface area (TPSA) is 108 Å². The number of amides is 2. The van der Waals surface area contributed by atoms with Gasteiger partial charge in [0.25, 0.3) is 0 Å². The average Bonchev–Trinajstić information content (AvgIpc) is 3.14. The van der Waals surface area contributed by atoms with Crippen LogP contribution < -0.4 is 10.4 Å². The molecule has 35 heavy (non-hydrogen) atoms. The molecule has 1 atom stereocenters. The number of benzene rings is 2. The Morgan fingerprint density at radius 1 is 1.00 bits per heavy atom. The number of nitrogens with zero attached hydrogens (tertiary/aromatic N) is 1. The molecule has 1 fully saturated rings. The number of carboxylic acids is 1. The largest absolute Gasteiger partial charge is 0.548 e. The first-order chi connectivity index (χ1) is 16.6. The maximum Gasteiger partial charge on any atom is 0.410 e. The van der Waals surface area contributed by atoms with Gasteiger partial charge in [-0.25, -0.2) is 9.59 Å². The highest BCUT2D eigenvalue weighted by Crippen LogP contribution is 2.44. The van der Waals surface area contributed by atoms with E-state index in [2.05, 4.69) is 5.32 Å². The highest BCUT2D eigenvalue weighted by molar-refractivity contribution is 5.80. The Morgan fingerprint density at radius 3 is 2.06 bits per heavy atom. The highest BCUT2D eigenvalue weighted by Gasteiger charge is 2.33. The van der Waals surface area contributed by atoms with Gasteiger partial charge in [0.1, 0.15) is 12.2 Å². The maximum atomic E-state index is 12.6. The molecule has 4 rings (SSSR count). The lowest BCUT2D eigenvalue weighted by Crippen LogP contribution is -2.55. The van der Waals surface area contributed by atoms with E-state index in [4.69, 9.17) is 9.47 Å². The molecule has 2 aliphatic rings. The van der Waals surface area contributed by atoms with Gasteiger partial charge in [0.15, 0.2) is 0 Å². The fourth-order valence-corrected chi connectivity index (χ4v) is 4.88. The van der Waals surface area contributed by atoms with Gasteiger partial charge in [-0.05, 0) is 61.8 Å². The van der Waals surface area contributed by atoms with Crippen LogP contribution in [0.5, 0.6) is 0 Å². The van der Waals surface area contributed by atoms with Crippen molar-refractivity contribution >= 4 is 18.2 Å². The molecule has 0 radical (unpaired) electrons. The van der Waals surface area contributed by atoms with Gasteiger partial charge in [0, 0.05) is 19.0 Å². The number of carbonyl (C=O) groups excluding carboxylic acids is 3. The van der Waals surface area contributed by atoms with Crippen molar-refractivity contribution in [3.8, 4) is 11.1 Å². The maximum absolute atomic E-state index is 12.6. The lowest BCUT2D eigenvalue weighted by atomic mass is 9.89. The van der Waals surface area contributed by atoms with Crippen LogP contribution in [0.2, 0.25) is 0 Å². The molecule has 1 aliphatic carbocycles. The van der Waals surface area contributed by atoms with E-state index in [1.165, 1.54) is 0 Å². The first-order valence-corrected chi connectivity index (χ1v) is 11.9. The van der Waals surface area contributed by atoms with Crippen molar-refractivity contribution in [1.29, 1.82) is 0 Å². The standard InChI is InChI=1S/C27H32N2O6/c1-27(2,3)35-26(33)29-14-12-17(13-15-29)23(24(30)31)28-25(32)34-16-22-20-10-6-4-8-18(20)19-9-5-7-11-21(19)22/h4-11,17,22-23H,12-16H2,1-3H3,(H,28,32)(H,30,31)/p-1/t23-/m1/s1. The summed E-state index contributed by atoms with van der Waals surface area (Å²) in [6.45, 7) is 6.16. The second-order valence-electron chi connectivity index (χ2n) is 10.1. The SMILES string of the molecule is CC(C)(C)OC(=O)N1CCC([C@@H](NC(=O)OCC2c3ccccc3-c3ccccc32)C(=O)[O-])CC1. The van der Waals surface area contributed by atoms with Crippen molar-refractivity contribution in [1.82, 2.24) is 10.2 Å². The van der Waals surface area contributed by atoms with E-state index in [0.717, 1.165) is 22.3 Å².